The standard InChI is InChI=1S/C18H22N4O3/c1-13-21-16(12-24-13)17(23)22-6-2-18(3-7-22)9-14(11-25-18)8-15-10-19-4-5-20-15/h4-5,10,12,14H,2-3,6-9,11H2,1H3. The predicted molar refractivity (Wildman–Crippen MR) is 88.9 cm³/mol. The molecule has 4 heterocycles. The number of carbonyl (C=O) groups excluding carboxylic acids is 1. The first kappa shape index (κ1) is 16.2. The molecule has 0 aromatic carbocycles. The molecule has 1 amide bonds. The van der Waals surface area contributed by atoms with Gasteiger partial charge in [-0.25, -0.2) is 4.98 Å². The Morgan fingerprint density at radius 3 is 2.88 bits per heavy atom. The molecular formula is C18H22N4O3. The van der Waals surface area contributed by atoms with Gasteiger partial charge >= 0.3 is 0 Å². The van der Waals surface area contributed by atoms with Gasteiger partial charge in [0.2, 0.25) is 0 Å². The number of amides is 1. The monoisotopic (exact) mass is 342 g/mol. The van der Waals surface area contributed by atoms with Crippen molar-refractivity contribution in [3.05, 3.63) is 42.1 Å². The number of hydrogen-bond donors (Lipinski definition) is 0. The molecule has 1 unspecified atom stereocenters. The summed E-state index contributed by atoms with van der Waals surface area (Å²) < 4.78 is 11.3. The SMILES string of the molecule is Cc1nc(C(=O)N2CCC3(CC2)CC(Cc2cnccn2)CO3)co1. The summed E-state index contributed by atoms with van der Waals surface area (Å²) >= 11 is 0. The predicted octanol–water partition coefficient (Wildman–Crippen LogP) is 2.03. The van der Waals surface area contributed by atoms with E-state index in [9.17, 15) is 4.79 Å². The second-order valence-electron chi connectivity index (χ2n) is 7.01. The van der Waals surface area contributed by atoms with Crippen molar-refractivity contribution in [2.45, 2.75) is 38.2 Å². The molecule has 0 N–H and O–H groups in total. The van der Waals surface area contributed by atoms with Gasteiger partial charge in [-0.15, -0.1) is 0 Å². The number of aromatic nitrogens is 3. The molecule has 132 valence electrons. The van der Waals surface area contributed by atoms with Gasteiger partial charge in [-0.05, 0) is 31.6 Å². The van der Waals surface area contributed by atoms with Crippen LogP contribution in [0.1, 0.15) is 41.3 Å². The van der Waals surface area contributed by atoms with E-state index in [1.165, 1.54) is 6.26 Å². The Kier molecular flexibility index (Phi) is 4.25. The van der Waals surface area contributed by atoms with Crippen molar-refractivity contribution in [1.29, 1.82) is 0 Å². The van der Waals surface area contributed by atoms with Crippen molar-refractivity contribution in [1.82, 2.24) is 19.9 Å². The quantitative estimate of drug-likeness (QED) is 0.849. The Hall–Kier alpha value is -2.28. The fourth-order valence-corrected chi connectivity index (χ4v) is 3.89. The Bertz CT molecular complexity index is 738. The van der Waals surface area contributed by atoms with Gasteiger partial charge in [0.25, 0.3) is 5.91 Å². The van der Waals surface area contributed by atoms with Crippen LogP contribution in [0.4, 0.5) is 0 Å². The Morgan fingerprint density at radius 1 is 1.36 bits per heavy atom. The van der Waals surface area contributed by atoms with Crippen LogP contribution in [0.25, 0.3) is 0 Å². The van der Waals surface area contributed by atoms with E-state index >= 15 is 0 Å². The average molecular weight is 342 g/mol. The molecule has 0 bridgehead atoms. The van der Waals surface area contributed by atoms with Gasteiger partial charge in [-0.1, -0.05) is 0 Å². The second kappa shape index (κ2) is 6.55. The first-order valence-corrected chi connectivity index (χ1v) is 8.74. The second-order valence-corrected chi connectivity index (χ2v) is 7.01. The van der Waals surface area contributed by atoms with Crippen LogP contribution in [-0.4, -0.2) is 51.1 Å². The highest BCUT2D eigenvalue weighted by Crippen LogP contribution is 2.39. The van der Waals surface area contributed by atoms with Gasteiger partial charge in [0.15, 0.2) is 11.6 Å². The van der Waals surface area contributed by atoms with Gasteiger partial charge in [0.1, 0.15) is 6.26 Å². The van der Waals surface area contributed by atoms with Crippen molar-refractivity contribution in [3.8, 4) is 0 Å². The highest BCUT2D eigenvalue weighted by atomic mass is 16.5. The van der Waals surface area contributed by atoms with Gasteiger partial charge < -0.3 is 14.1 Å². The normalized spacial score (nSPS) is 22.4. The molecule has 0 aliphatic carbocycles. The summed E-state index contributed by atoms with van der Waals surface area (Å²) in [5.74, 6) is 0.931. The average Bonchev–Trinajstić information content (AvgIpc) is 3.23. The first-order valence-electron chi connectivity index (χ1n) is 8.74. The van der Waals surface area contributed by atoms with Crippen LogP contribution in [0.3, 0.4) is 0 Å². The molecular weight excluding hydrogens is 320 g/mol. The lowest BCUT2D eigenvalue weighted by Gasteiger charge is -2.38. The van der Waals surface area contributed by atoms with E-state index in [-0.39, 0.29) is 11.5 Å². The Balaban J connectivity index is 1.33. The molecule has 1 atom stereocenters. The molecule has 2 aliphatic heterocycles. The maximum absolute atomic E-state index is 12.5. The summed E-state index contributed by atoms with van der Waals surface area (Å²) in [7, 11) is 0. The summed E-state index contributed by atoms with van der Waals surface area (Å²) in [6, 6.07) is 0. The summed E-state index contributed by atoms with van der Waals surface area (Å²) in [4.78, 5) is 26.9. The van der Waals surface area contributed by atoms with Crippen molar-refractivity contribution in [2.75, 3.05) is 19.7 Å². The van der Waals surface area contributed by atoms with Crippen LogP contribution in [0.5, 0.6) is 0 Å². The number of hydrogen-bond acceptors (Lipinski definition) is 6. The van der Waals surface area contributed by atoms with Crippen LogP contribution >= 0.6 is 0 Å². The molecule has 2 aromatic heterocycles. The number of aryl methyl sites for hydroxylation is 1. The lowest BCUT2D eigenvalue weighted by Crippen LogP contribution is -2.46. The lowest BCUT2D eigenvalue weighted by molar-refractivity contribution is -0.0391. The number of rotatable bonds is 3. The molecule has 0 saturated carbocycles. The fraction of sp³-hybridized carbons (Fsp3) is 0.556. The van der Waals surface area contributed by atoms with Crippen molar-refractivity contribution in [3.63, 3.8) is 0 Å². The first-order chi connectivity index (χ1) is 12.1. The van der Waals surface area contributed by atoms with Gasteiger partial charge in [-0.2, -0.15) is 0 Å². The Morgan fingerprint density at radius 2 is 2.20 bits per heavy atom. The number of nitrogens with zero attached hydrogens (tertiary/aromatic N) is 4. The van der Waals surface area contributed by atoms with E-state index in [0.29, 0.717) is 30.6 Å². The lowest BCUT2D eigenvalue weighted by atomic mass is 9.84. The van der Waals surface area contributed by atoms with Crippen LogP contribution in [0.15, 0.2) is 29.3 Å². The zero-order chi connectivity index (χ0) is 17.3. The van der Waals surface area contributed by atoms with Gasteiger partial charge in [0, 0.05) is 38.6 Å². The van der Waals surface area contributed by atoms with Crippen molar-refractivity contribution in [2.24, 2.45) is 5.92 Å². The largest absolute Gasteiger partial charge is 0.448 e. The Labute approximate surface area is 146 Å². The van der Waals surface area contributed by atoms with Crippen LogP contribution in [0, 0.1) is 12.8 Å². The molecule has 4 rings (SSSR count). The highest BCUT2D eigenvalue weighted by molar-refractivity contribution is 5.92. The zero-order valence-electron chi connectivity index (χ0n) is 14.4. The fourth-order valence-electron chi connectivity index (χ4n) is 3.89. The highest BCUT2D eigenvalue weighted by Gasteiger charge is 2.43. The van der Waals surface area contributed by atoms with Crippen molar-refractivity contribution < 1.29 is 13.9 Å². The summed E-state index contributed by atoms with van der Waals surface area (Å²) in [6.45, 7) is 3.89. The van der Waals surface area contributed by atoms with Crippen LogP contribution in [0.2, 0.25) is 0 Å². The van der Waals surface area contributed by atoms with E-state index in [4.69, 9.17) is 9.15 Å². The number of ether oxygens (including phenoxy) is 1. The zero-order valence-corrected chi connectivity index (χ0v) is 14.4. The van der Waals surface area contributed by atoms with E-state index < -0.39 is 0 Å². The molecule has 7 nitrogen and oxygen atoms in total. The third-order valence-corrected chi connectivity index (χ3v) is 5.20. The third kappa shape index (κ3) is 3.42. The minimum Gasteiger partial charge on any atom is -0.448 e. The minimum absolute atomic E-state index is 0.0548. The van der Waals surface area contributed by atoms with Gasteiger partial charge in [-0.3, -0.25) is 14.8 Å². The molecule has 2 aromatic rings. The molecule has 2 aliphatic rings. The van der Waals surface area contributed by atoms with Crippen LogP contribution in [-0.2, 0) is 11.2 Å². The minimum atomic E-state index is -0.0939. The molecule has 0 radical (unpaired) electrons. The van der Waals surface area contributed by atoms with E-state index in [1.54, 1.807) is 19.3 Å². The third-order valence-electron chi connectivity index (χ3n) is 5.20. The molecule has 25 heavy (non-hydrogen) atoms. The number of oxazole rings is 1. The van der Waals surface area contributed by atoms with E-state index in [0.717, 1.165) is 38.0 Å². The summed E-state index contributed by atoms with van der Waals surface area (Å²) in [6.07, 6.45) is 10.3. The number of likely N-dealkylation sites (tertiary alicyclic amines) is 1. The van der Waals surface area contributed by atoms with Crippen LogP contribution < -0.4 is 0 Å². The van der Waals surface area contributed by atoms with Gasteiger partial charge in [0.05, 0.1) is 17.9 Å². The maximum Gasteiger partial charge on any atom is 0.275 e. The molecule has 2 fully saturated rings. The van der Waals surface area contributed by atoms with E-state index in [1.807, 2.05) is 11.1 Å². The van der Waals surface area contributed by atoms with E-state index in [2.05, 4.69) is 15.0 Å². The summed E-state index contributed by atoms with van der Waals surface area (Å²) in [5, 5.41) is 0. The topological polar surface area (TPSA) is 81.4 Å². The number of carbonyl (C=O) groups is 1. The number of piperidine rings is 1. The summed E-state index contributed by atoms with van der Waals surface area (Å²) in [5.41, 5.74) is 1.31. The molecule has 2 saturated heterocycles. The van der Waals surface area contributed by atoms with Crippen molar-refractivity contribution >= 4 is 5.91 Å². The molecule has 7 heteroatoms. The smallest absolute Gasteiger partial charge is 0.275 e. The maximum atomic E-state index is 12.5. The molecule has 1 spiro atoms.